The van der Waals surface area contributed by atoms with Gasteiger partial charge in [0.15, 0.2) is 5.16 Å². The van der Waals surface area contributed by atoms with Crippen LogP contribution in [0.4, 0.5) is 0 Å². The molecule has 0 aliphatic heterocycles. The fourth-order valence-electron chi connectivity index (χ4n) is 2.92. The molecule has 3 aromatic rings. The molecule has 1 unspecified atom stereocenters. The second-order valence-corrected chi connectivity index (χ2v) is 7.79. The lowest BCUT2D eigenvalue weighted by atomic mass is 10.1. The molecule has 0 fully saturated rings. The van der Waals surface area contributed by atoms with Crippen LogP contribution in [0.5, 0.6) is 11.5 Å². The number of rotatable bonds is 11. The van der Waals surface area contributed by atoms with Gasteiger partial charge < -0.3 is 19.5 Å². The Hall–Kier alpha value is -3.59. The van der Waals surface area contributed by atoms with Gasteiger partial charge in [-0.25, -0.2) is 9.97 Å². The molecule has 1 amide bonds. The van der Waals surface area contributed by atoms with Gasteiger partial charge in [0.05, 0.1) is 20.0 Å². The van der Waals surface area contributed by atoms with Crippen molar-refractivity contribution in [2.45, 2.75) is 17.7 Å². The topological polar surface area (TPSA) is 99.6 Å². The molecule has 3 rings (SSSR count). The smallest absolute Gasteiger partial charge is 0.317 e. The molecule has 1 aromatic heterocycles. The Bertz CT molecular complexity index is 1030. The average Bonchev–Trinajstić information content (AvgIpc) is 2.87. The summed E-state index contributed by atoms with van der Waals surface area (Å²) in [5.41, 5.74) is 1.60. The van der Waals surface area contributed by atoms with Gasteiger partial charge in [-0.15, -0.1) is 0 Å². The monoisotopic (exact) mass is 467 g/mol. The van der Waals surface area contributed by atoms with E-state index in [1.807, 2.05) is 24.3 Å². The minimum atomic E-state index is -1.09. The Morgan fingerprint density at radius 3 is 2.15 bits per heavy atom. The Morgan fingerprint density at radius 1 is 0.939 bits per heavy atom. The minimum absolute atomic E-state index is 0.0181. The third-order valence-electron chi connectivity index (χ3n) is 4.64. The molecule has 1 atom stereocenters. The fourth-order valence-corrected chi connectivity index (χ4v) is 3.50. The molecule has 172 valence electrons. The number of carbonyl (C=O) groups is 2. The number of benzene rings is 2. The maximum Gasteiger partial charge on any atom is 0.317 e. The molecule has 0 spiro atoms. The zero-order chi connectivity index (χ0) is 23.5. The molecule has 0 radical (unpaired) electrons. The summed E-state index contributed by atoms with van der Waals surface area (Å²) in [5.74, 6) is 0.450. The van der Waals surface area contributed by atoms with E-state index in [-0.39, 0.29) is 5.75 Å². The van der Waals surface area contributed by atoms with Crippen molar-refractivity contribution in [3.05, 3.63) is 78.1 Å². The highest BCUT2D eigenvalue weighted by Gasteiger charge is 2.25. The van der Waals surface area contributed by atoms with E-state index >= 15 is 0 Å². The Balaban J connectivity index is 1.62. The third-order valence-corrected chi connectivity index (χ3v) is 5.49. The van der Waals surface area contributed by atoms with Crippen LogP contribution in [-0.2, 0) is 20.7 Å². The highest BCUT2D eigenvalue weighted by molar-refractivity contribution is 7.99. The Labute approximate surface area is 196 Å². The number of hydrogen-bond acceptors (Lipinski definition) is 8. The second kappa shape index (κ2) is 12.4. The van der Waals surface area contributed by atoms with Crippen LogP contribution in [0.25, 0.3) is 0 Å². The molecule has 9 heteroatoms. The van der Waals surface area contributed by atoms with Crippen molar-refractivity contribution in [1.82, 2.24) is 15.3 Å². The van der Waals surface area contributed by atoms with Gasteiger partial charge in [0, 0.05) is 24.5 Å². The van der Waals surface area contributed by atoms with Gasteiger partial charge in [-0.3, -0.25) is 9.59 Å². The van der Waals surface area contributed by atoms with E-state index in [0.717, 1.165) is 23.1 Å². The summed E-state index contributed by atoms with van der Waals surface area (Å²) >= 11 is 1.14. The van der Waals surface area contributed by atoms with Crippen molar-refractivity contribution >= 4 is 23.6 Å². The van der Waals surface area contributed by atoms with Crippen LogP contribution in [0, 0.1) is 0 Å². The SMILES string of the molecule is COc1ccc(CCNC(=O)C(OC(=O)CSc2ncccn2)c2ccc(OC)cc2)cc1. The minimum Gasteiger partial charge on any atom is -0.497 e. The summed E-state index contributed by atoms with van der Waals surface area (Å²) in [7, 11) is 3.17. The molecule has 0 saturated heterocycles. The highest BCUT2D eigenvalue weighted by Crippen LogP contribution is 2.23. The zero-order valence-electron chi connectivity index (χ0n) is 18.4. The lowest BCUT2D eigenvalue weighted by Gasteiger charge is -2.18. The molecule has 0 bridgehead atoms. The van der Waals surface area contributed by atoms with Crippen LogP contribution >= 0.6 is 11.8 Å². The molecular weight excluding hydrogens is 442 g/mol. The average molecular weight is 468 g/mol. The van der Waals surface area contributed by atoms with Crippen molar-refractivity contribution in [3.63, 3.8) is 0 Å². The van der Waals surface area contributed by atoms with Gasteiger partial charge in [0.25, 0.3) is 5.91 Å². The number of esters is 1. The highest BCUT2D eigenvalue weighted by atomic mass is 32.2. The van der Waals surface area contributed by atoms with Crippen molar-refractivity contribution in [3.8, 4) is 11.5 Å². The summed E-state index contributed by atoms with van der Waals surface area (Å²) in [6, 6.07) is 16.1. The zero-order valence-corrected chi connectivity index (χ0v) is 19.2. The van der Waals surface area contributed by atoms with Crippen LogP contribution in [0.15, 0.2) is 72.1 Å². The number of hydrogen-bond donors (Lipinski definition) is 1. The van der Waals surface area contributed by atoms with E-state index in [1.165, 1.54) is 0 Å². The number of thioether (sulfide) groups is 1. The number of nitrogens with one attached hydrogen (secondary N) is 1. The molecule has 2 aromatic carbocycles. The summed E-state index contributed by atoms with van der Waals surface area (Å²) in [6.07, 6.45) is 2.73. The van der Waals surface area contributed by atoms with E-state index in [2.05, 4.69) is 15.3 Å². The molecule has 0 aliphatic carbocycles. The van der Waals surface area contributed by atoms with Crippen LogP contribution < -0.4 is 14.8 Å². The molecule has 0 aliphatic rings. The van der Waals surface area contributed by atoms with Crippen LogP contribution in [0.1, 0.15) is 17.2 Å². The van der Waals surface area contributed by atoms with Crippen LogP contribution in [0.2, 0.25) is 0 Å². The maximum atomic E-state index is 12.9. The standard InChI is InChI=1S/C24H25N3O5S/c1-30-19-8-4-17(5-9-19)12-15-25-23(29)22(18-6-10-20(31-2)11-7-18)32-21(28)16-33-24-26-13-3-14-27-24/h3-11,13-14,22H,12,15-16H2,1-2H3,(H,25,29). The van der Waals surface area contributed by atoms with Crippen molar-refractivity contribution in [2.75, 3.05) is 26.5 Å². The van der Waals surface area contributed by atoms with Crippen LogP contribution in [-0.4, -0.2) is 48.4 Å². The summed E-state index contributed by atoms with van der Waals surface area (Å²) in [5, 5.41) is 3.31. The molecule has 0 saturated carbocycles. The fraction of sp³-hybridized carbons (Fsp3) is 0.250. The second-order valence-electron chi connectivity index (χ2n) is 6.85. The van der Waals surface area contributed by atoms with Gasteiger partial charge in [-0.05, 0) is 42.3 Å². The first-order valence-corrected chi connectivity index (χ1v) is 11.2. The van der Waals surface area contributed by atoms with Gasteiger partial charge in [-0.1, -0.05) is 36.0 Å². The lowest BCUT2D eigenvalue weighted by molar-refractivity contribution is -0.154. The number of ether oxygens (including phenoxy) is 3. The van der Waals surface area contributed by atoms with Crippen molar-refractivity contribution in [1.29, 1.82) is 0 Å². The lowest BCUT2D eigenvalue weighted by Crippen LogP contribution is -2.33. The van der Waals surface area contributed by atoms with Gasteiger partial charge in [0.1, 0.15) is 11.5 Å². The molecule has 8 nitrogen and oxygen atoms in total. The molecule has 33 heavy (non-hydrogen) atoms. The van der Waals surface area contributed by atoms with E-state index < -0.39 is 18.0 Å². The molecule has 1 N–H and O–H groups in total. The largest absolute Gasteiger partial charge is 0.497 e. The number of amides is 1. The maximum absolute atomic E-state index is 12.9. The normalized spacial score (nSPS) is 11.3. The van der Waals surface area contributed by atoms with E-state index in [4.69, 9.17) is 14.2 Å². The van der Waals surface area contributed by atoms with Crippen molar-refractivity contribution in [2.24, 2.45) is 0 Å². The Kier molecular flexibility index (Phi) is 9.08. The Morgan fingerprint density at radius 2 is 1.55 bits per heavy atom. The summed E-state index contributed by atoms with van der Waals surface area (Å²) in [4.78, 5) is 33.5. The van der Waals surface area contributed by atoms with Crippen molar-refractivity contribution < 1.29 is 23.8 Å². The number of nitrogens with zero attached hydrogens (tertiary/aromatic N) is 2. The van der Waals surface area contributed by atoms with Crippen LogP contribution in [0.3, 0.4) is 0 Å². The van der Waals surface area contributed by atoms with Gasteiger partial charge >= 0.3 is 5.97 Å². The number of aromatic nitrogens is 2. The van der Waals surface area contributed by atoms with E-state index in [0.29, 0.717) is 29.4 Å². The van der Waals surface area contributed by atoms with Gasteiger partial charge in [-0.2, -0.15) is 0 Å². The quantitative estimate of drug-likeness (QED) is 0.261. The number of methoxy groups -OCH3 is 2. The van der Waals surface area contributed by atoms with E-state index in [1.54, 1.807) is 56.9 Å². The third kappa shape index (κ3) is 7.50. The molecule has 1 heterocycles. The first-order chi connectivity index (χ1) is 16.1. The van der Waals surface area contributed by atoms with Gasteiger partial charge in [0.2, 0.25) is 6.10 Å². The van der Waals surface area contributed by atoms with E-state index in [9.17, 15) is 9.59 Å². The first-order valence-electron chi connectivity index (χ1n) is 10.2. The predicted molar refractivity (Wildman–Crippen MR) is 124 cm³/mol. The molecular formula is C24H25N3O5S. The summed E-state index contributed by atoms with van der Waals surface area (Å²) < 4.78 is 15.9. The first kappa shape index (κ1) is 24.1. The predicted octanol–water partition coefficient (Wildman–Crippen LogP) is 3.23. The summed E-state index contributed by atoms with van der Waals surface area (Å²) in [6.45, 7) is 0.391. The number of carbonyl (C=O) groups excluding carboxylic acids is 2.